The number of halogens is 2. The molecular weight excluding hydrogens is 467 g/mol. The molecule has 0 bridgehead atoms. The van der Waals surface area contributed by atoms with Gasteiger partial charge in [0.15, 0.2) is 0 Å². The number of carbonyl (C=O) groups is 1. The van der Waals surface area contributed by atoms with Crippen molar-refractivity contribution in [2.24, 2.45) is 0 Å². The third-order valence-electron chi connectivity index (χ3n) is 4.82. The van der Waals surface area contributed by atoms with Crippen LogP contribution in [0.4, 0.5) is 10.1 Å². The van der Waals surface area contributed by atoms with Gasteiger partial charge in [0.1, 0.15) is 11.6 Å². The van der Waals surface area contributed by atoms with E-state index in [2.05, 4.69) is 11.9 Å². The van der Waals surface area contributed by atoms with Crippen molar-refractivity contribution in [2.75, 3.05) is 18.0 Å². The summed E-state index contributed by atoms with van der Waals surface area (Å²) < 4.78 is 47.3. The average Bonchev–Trinajstić information content (AvgIpc) is 2.81. The molecule has 0 atom stereocenters. The highest BCUT2D eigenvalue weighted by Crippen LogP contribution is 2.33. The minimum atomic E-state index is -4.11. The smallest absolute Gasteiger partial charge is 0.264 e. The van der Waals surface area contributed by atoms with Gasteiger partial charge < -0.3 is 10.1 Å². The Morgan fingerprint density at radius 3 is 2.55 bits per heavy atom. The molecule has 0 spiro atoms. The second kappa shape index (κ2) is 10.5. The fourth-order valence-corrected chi connectivity index (χ4v) is 4.83. The molecule has 0 heterocycles. The first-order valence-electron chi connectivity index (χ1n) is 9.87. The summed E-state index contributed by atoms with van der Waals surface area (Å²) in [6, 6.07) is 16.5. The number of benzene rings is 3. The van der Waals surface area contributed by atoms with E-state index in [1.807, 2.05) is 0 Å². The molecule has 0 aliphatic rings. The maximum absolute atomic E-state index is 13.8. The van der Waals surface area contributed by atoms with Crippen molar-refractivity contribution in [3.63, 3.8) is 0 Å². The molecule has 0 aromatic heterocycles. The van der Waals surface area contributed by atoms with Gasteiger partial charge in [-0.2, -0.15) is 0 Å². The standard InChI is InChI=1S/C24H22ClFN2O4S/c1-3-14-28(22-10-6-7-11-23(22)32-2)33(30,31)18-12-13-20(25)19(15-18)24(29)27-16-17-8-4-5-9-21(17)26/h3-13,15H,1,14,16H2,2H3,(H,27,29). The molecule has 3 aromatic rings. The summed E-state index contributed by atoms with van der Waals surface area (Å²) in [5, 5.41) is 2.63. The van der Waals surface area contributed by atoms with Gasteiger partial charge in [-0.15, -0.1) is 6.58 Å². The highest BCUT2D eigenvalue weighted by atomic mass is 35.5. The van der Waals surface area contributed by atoms with Crippen molar-refractivity contribution in [3.8, 4) is 5.75 Å². The molecule has 0 unspecified atom stereocenters. The quantitative estimate of drug-likeness (QED) is 0.439. The van der Waals surface area contributed by atoms with Gasteiger partial charge in [0, 0.05) is 12.1 Å². The minimum absolute atomic E-state index is 0.0276. The molecule has 9 heteroatoms. The Morgan fingerprint density at radius 2 is 1.85 bits per heavy atom. The van der Waals surface area contributed by atoms with Gasteiger partial charge in [-0.05, 0) is 36.4 Å². The summed E-state index contributed by atoms with van der Waals surface area (Å²) in [7, 11) is -2.67. The summed E-state index contributed by atoms with van der Waals surface area (Å²) in [6.45, 7) is 3.54. The number of nitrogens with one attached hydrogen (secondary N) is 1. The number of hydrogen-bond acceptors (Lipinski definition) is 4. The van der Waals surface area contributed by atoms with Crippen molar-refractivity contribution in [2.45, 2.75) is 11.4 Å². The van der Waals surface area contributed by atoms with Gasteiger partial charge in [0.05, 0.1) is 34.8 Å². The molecular formula is C24H22ClFN2O4S. The normalized spacial score (nSPS) is 11.0. The highest BCUT2D eigenvalue weighted by Gasteiger charge is 2.28. The van der Waals surface area contributed by atoms with E-state index in [1.54, 1.807) is 42.5 Å². The summed E-state index contributed by atoms with van der Waals surface area (Å²) in [5.41, 5.74) is 0.562. The molecule has 0 saturated heterocycles. The predicted octanol–water partition coefficient (Wildman–Crippen LogP) is 4.80. The first-order valence-corrected chi connectivity index (χ1v) is 11.7. The number of hydrogen-bond donors (Lipinski definition) is 1. The fourth-order valence-electron chi connectivity index (χ4n) is 3.16. The molecule has 0 aliphatic carbocycles. The molecule has 3 rings (SSSR count). The van der Waals surface area contributed by atoms with E-state index in [0.29, 0.717) is 17.0 Å². The lowest BCUT2D eigenvalue weighted by Crippen LogP contribution is -2.32. The van der Waals surface area contributed by atoms with E-state index in [1.165, 1.54) is 37.5 Å². The van der Waals surface area contributed by atoms with E-state index in [-0.39, 0.29) is 28.6 Å². The number of amides is 1. The number of methoxy groups -OCH3 is 1. The van der Waals surface area contributed by atoms with Crippen LogP contribution in [0.25, 0.3) is 0 Å². The zero-order valence-corrected chi connectivity index (χ0v) is 19.4. The van der Waals surface area contributed by atoms with Crippen LogP contribution in [0.2, 0.25) is 5.02 Å². The largest absolute Gasteiger partial charge is 0.495 e. The topological polar surface area (TPSA) is 75.7 Å². The van der Waals surface area contributed by atoms with E-state index in [4.69, 9.17) is 16.3 Å². The first kappa shape index (κ1) is 24.3. The zero-order chi connectivity index (χ0) is 24.0. The SMILES string of the molecule is C=CCN(c1ccccc1OC)S(=O)(=O)c1ccc(Cl)c(C(=O)NCc2ccccc2F)c1. The van der Waals surface area contributed by atoms with Crippen LogP contribution in [-0.4, -0.2) is 28.0 Å². The number of rotatable bonds is 9. The lowest BCUT2D eigenvalue weighted by molar-refractivity contribution is 0.0950. The fraction of sp³-hybridized carbons (Fsp3) is 0.125. The van der Waals surface area contributed by atoms with Crippen molar-refractivity contribution in [3.05, 3.63) is 101 Å². The summed E-state index contributed by atoms with van der Waals surface area (Å²) in [6.07, 6.45) is 1.45. The lowest BCUT2D eigenvalue weighted by atomic mass is 10.2. The van der Waals surface area contributed by atoms with Crippen molar-refractivity contribution in [1.29, 1.82) is 0 Å². The average molecular weight is 489 g/mol. The van der Waals surface area contributed by atoms with Crippen LogP contribution >= 0.6 is 11.6 Å². The molecule has 6 nitrogen and oxygen atoms in total. The monoisotopic (exact) mass is 488 g/mol. The number of anilines is 1. The van der Waals surface area contributed by atoms with Crippen LogP contribution in [0.1, 0.15) is 15.9 Å². The Kier molecular flexibility index (Phi) is 7.73. The number of para-hydroxylation sites is 2. The molecule has 0 aliphatic heterocycles. The molecule has 1 N–H and O–H groups in total. The van der Waals surface area contributed by atoms with Crippen LogP contribution in [0.3, 0.4) is 0 Å². The van der Waals surface area contributed by atoms with Crippen LogP contribution in [0.5, 0.6) is 5.75 Å². The Morgan fingerprint density at radius 1 is 1.15 bits per heavy atom. The second-order valence-corrected chi connectivity index (χ2v) is 9.18. The van der Waals surface area contributed by atoms with Gasteiger partial charge in [0.2, 0.25) is 0 Å². The van der Waals surface area contributed by atoms with Crippen LogP contribution in [0.15, 0.2) is 84.3 Å². The van der Waals surface area contributed by atoms with Gasteiger partial charge in [0.25, 0.3) is 15.9 Å². The van der Waals surface area contributed by atoms with E-state index >= 15 is 0 Å². The lowest BCUT2D eigenvalue weighted by Gasteiger charge is -2.25. The van der Waals surface area contributed by atoms with E-state index in [0.717, 1.165) is 4.31 Å². The molecule has 0 radical (unpaired) electrons. The van der Waals surface area contributed by atoms with Gasteiger partial charge in [-0.1, -0.05) is 48.0 Å². The molecule has 1 amide bonds. The van der Waals surface area contributed by atoms with Gasteiger partial charge in [-0.25, -0.2) is 12.8 Å². The molecule has 33 heavy (non-hydrogen) atoms. The second-order valence-electron chi connectivity index (χ2n) is 6.91. The summed E-state index contributed by atoms with van der Waals surface area (Å²) in [5.74, 6) is -0.732. The maximum Gasteiger partial charge on any atom is 0.264 e. The van der Waals surface area contributed by atoms with Crippen LogP contribution < -0.4 is 14.4 Å². The first-order chi connectivity index (χ1) is 15.8. The molecule has 0 fully saturated rings. The van der Waals surface area contributed by atoms with Gasteiger partial charge in [-0.3, -0.25) is 9.10 Å². The Hall–Kier alpha value is -3.36. The number of sulfonamides is 1. The van der Waals surface area contributed by atoms with Crippen LogP contribution in [-0.2, 0) is 16.6 Å². The summed E-state index contributed by atoms with van der Waals surface area (Å²) in [4.78, 5) is 12.6. The molecule has 0 saturated carbocycles. The minimum Gasteiger partial charge on any atom is -0.495 e. The maximum atomic E-state index is 13.8. The van der Waals surface area contributed by atoms with Gasteiger partial charge >= 0.3 is 0 Å². The highest BCUT2D eigenvalue weighted by molar-refractivity contribution is 7.92. The Bertz CT molecular complexity index is 1280. The Labute approximate surface area is 197 Å². The van der Waals surface area contributed by atoms with E-state index < -0.39 is 21.7 Å². The summed E-state index contributed by atoms with van der Waals surface area (Å²) >= 11 is 6.18. The molecule has 3 aromatic carbocycles. The van der Waals surface area contributed by atoms with Crippen LogP contribution in [0, 0.1) is 5.82 Å². The zero-order valence-electron chi connectivity index (χ0n) is 17.8. The van der Waals surface area contributed by atoms with E-state index in [9.17, 15) is 17.6 Å². The Balaban J connectivity index is 1.95. The predicted molar refractivity (Wildman–Crippen MR) is 127 cm³/mol. The third-order valence-corrected chi connectivity index (χ3v) is 6.92. The number of carbonyl (C=O) groups excluding carboxylic acids is 1. The van der Waals surface area contributed by atoms with Crippen molar-refractivity contribution < 1.29 is 22.3 Å². The van der Waals surface area contributed by atoms with Crippen molar-refractivity contribution >= 4 is 33.2 Å². The number of ether oxygens (including phenoxy) is 1. The molecule has 172 valence electrons. The van der Waals surface area contributed by atoms with Crippen molar-refractivity contribution in [1.82, 2.24) is 5.32 Å². The third kappa shape index (κ3) is 5.35. The number of nitrogens with zero attached hydrogens (tertiary/aromatic N) is 1.